The lowest BCUT2D eigenvalue weighted by molar-refractivity contribution is -0.139. The Morgan fingerprint density at radius 1 is 1.05 bits per heavy atom. The fourth-order valence-electron chi connectivity index (χ4n) is 5.28. The first kappa shape index (κ1) is 26.0. The number of methoxy groups -OCH3 is 1. The smallest absolute Gasteiger partial charge is 0.407 e. The summed E-state index contributed by atoms with van der Waals surface area (Å²) in [6.45, 7) is 2.69. The highest BCUT2D eigenvalue weighted by molar-refractivity contribution is 5.81. The molecule has 1 heterocycles. The van der Waals surface area contributed by atoms with Crippen LogP contribution in [0, 0.1) is 0 Å². The van der Waals surface area contributed by atoms with Gasteiger partial charge in [-0.1, -0.05) is 67.6 Å². The fourth-order valence-corrected chi connectivity index (χ4v) is 5.28. The summed E-state index contributed by atoms with van der Waals surface area (Å²) in [7, 11) is 1.60. The van der Waals surface area contributed by atoms with Crippen molar-refractivity contribution in [1.82, 2.24) is 14.9 Å². The van der Waals surface area contributed by atoms with E-state index in [9.17, 15) is 14.7 Å². The quantitative estimate of drug-likeness (QED) is 0.301. The van der Waals surface area contributed by atoms with Gasteiger partial charge in [0.05, 0.1) is 13.7 Å². The second kappa shape index (κ2) is 11.4. The van der Waals surface area contributed by atoms with Crippen molar-refractivity contribution < 1.29 is 24.2 Å². The summed E-state index contributed by atoms with van der Waals surface area (Å²) in [6.07, 6.45) is 3.79. The highest BCUT2D eigenvalue weighted by Crippen LogP contribution is 2.44. The Bertz CT molecular complexity index is 1450. The minimum absolute atomic E-state index is 0.0983. The molecule has 200 valence electrons. The van der Waals surface area contributed by atoms with Crippen LogP contribution in [0.3, 0.4) is 0 Å². The van der Waals surface area contributed by atoms with E-state index in [2.05, 4.69) is 22.4 Å². The van der Waals surface area contributed by atoms with Gasteiger partial charge in [0.25, 0.3) is 0 Å². The Labute approximate surface area is 227 Å². The first-order valence-electron chi connectivity index (χ1n) is 13.0. The first-order valence-corrected chi connectivity index (χ1v) is 13.0. The van der Waals surface area contributed by atoms with Crippen LogP contribution in [-0.2, 0) is 28.9 Å². The van der Waals surface area contributed by atoms with Gasteiger partial charge in [-0.3, -0.25) is 0 Å². The third kappa shape index (κ3) is 5.50. The molecule has 5 rings (SSSR count). The highest BCUT2D eigenvalue weighted by Gasteiger charge is 2.30. The third-order valence-corrected chi connectivity index (χ3v) is 7.18. The number of nitrogens with zero attached hydrogens (tertiary/aromatic N) is 2. The number of hydrogen-bond donors (Lipinski definition) is 2. The van der Waals surface area contributed by atoms with E-state index in [-0.39, 0.29) is 18.9 Å². The Morgan fingerprint density at radius 2 is 1.74 bits per heavy atom. The van der Waals surface area contributed by atoms with E-state index in [1.807, 2.05) is 72.3 Å². The van der Waals surface area contributed by atoms with Crippen molar-refractivity contribution in [3.63, 3.8) is 0 Å². The number of ether oxygens (including phenoxy) is 2. The molecule has 4 aromatic rings. The van der Waals surface area contributed by atoms with E-state index < -0.39 is 18.1 Å². The molecule has 1 aliphatic carbocycles. The van der Waals surface area contributed by atoms with Gasteiger partial charge < -0.3 is 24.5 Å². The van der Waals surface area contributed by atoms with E-state index in [1.165, 1.54) is 0 Å². The maximum Gasteiger partial charge on any atom is 0.407 e. The average molecular weight is 526 g/mol. The SMILES string of the molecule is CCc1nccn1Cc1cc(CC(NC(=O)OCC2c3ccccc3-c3ccccc32)C(=O)O)ccc1OC. The highest BCUT2D eigenvalue weighted by atomic mass is 16.5. The van der Waals surface area contributed by atoms with Crippen molar-refractivity contribution in [2.45, 2.75) is 38.3 Å². The van der Waals surface area contributed by atoms with Crippen LogP contribution in [0.25, 0.3) is 11.1 Å². The number of carbonyl (C=O) groups excluding carboxylic acids is 1. The van der Waals surface area contributed by atoms with Crippen LogP contribution in [0.1, 0.15) is 40.9 Å². The van der Waals surface area contributed by atoms with E-state index in [1.54, 1.807) is 13.3 Å². The molecule has 0 saturated carbocycles. The molecule has 1 unspecified atom stereocenters. The zero-order chi connectivity index (χ0) is 27.4. The van der Waals surface area contributed by atoms with Gasteiger partial charge in [0.2, 0.25) is 0 Å². The summed E-state index contributed by atoms with van der Waals surface area (Å²) in [6, 6.07) is 20.5. The number of benzene rings is 3. The molecule has 8 heteroatoms. The van der Waals surface area contributed by atoms with Crippen LogP contribution in [0.15, 0.2) is 79.1 Å². The second-order valence-electron chi connectivity index (χ2n) is 9.54. The molecular weight excluding hydrogens is 494 g/mol. The summed E-state index contributed by atoms with van der Waals surface area (Å²) in [4.78, 5) is 29.2. The number of rotatable bonds is 10. The molecule has 8 nitrogen and oxygen atoms in total. The fraction of sp³-hybridized carbons (Fsp3) is 0.258. The molecule has 0 saturated heterocycles. The van der Waals surface area contributed by atoms with E-state index in [4.69, 9.17) is 9.47 Å². The number of imidazole rings is 1. The molecule has 0 radical (unpaired) electrons. The topological polar surface area (TPSA) is 103 Å². The maximum atomic E-state index is 12.8. The first-order chi connectivity index (χ1) is 19.0. The van der Waals surface area contributed by atoms with Crippen LogP contribution in [0.4, 0.5) is 4.79 Å². The standard InChI is InChI=1S/C31H31N3O5/c1-3-29-32-14-15-34(29)18-21-16-20(12-13-28(21)38-2)17-27(30(35)36)33-31(37)39-19-26-24-10-6-4-8-22(24)23-9-5-7-11-25(23)26/h4-16,26-27H,3,17-19H2,1-2H3,(H,33,37)(H,35,36). The number of carboxylic acid groups (broad SMARTS) is 1. The summed E-state index contributed by atoms with van der Waals surface area (Å²) in [5, 5.41) is 12.4. The molecule has 1 aliphatic rings. The number of aliphatic carboxylic acids is 1. The molecule has 1 aromatic heterocycles. The molecular formula is C31H31N3O5. The lowest BCUT2D eigenvalue weighted by atomic mass is 9.98. The molecule has 3 aromatic carbocycles. The average Bonchev–Trinajstić information content (AvgIpc) is 3.53. The number of carboxylic acids is 1. The number of hydrogen-bond acceptors (Lipinski definition) is 5. The zero-order valence-corrected chi connectivity index (χ0v) is 22.0. The Morgan fingerprint density at radius 3 is 2.38 bits per heavy atom. The van der Waals surface area contributed by atoms with Gasteiger partial charge in [-0.15, -0.1) is 0 Å². The molecule has 1 atom stereocenters. The summed E-state index contributed by atoms with van der Waals surface area (Å²) in [5.41, 5.74) is 6.10. The number of aromatic nitrogens is 2. The number of aryl methyl sites for hydroxylation is 1. The molecule has 0 aliphatic heterocycles. The number of fused-ring (bicyclic) bond motifs is 3. The number of alkyl carbamates (subject to hydrolysis) is 1. The monoisotopic (exact) mass is 525 g/mol. The van der Waals surface area contributed by atoms with Crippen molar-refractivity contribution >= 4 is 12.1 Å². The minimum atomic E-state index is -1.15. The van der Waals surface area contributed by atoms with Gasteiger partial charge in [-0.2, -0.15) is 0 Å². The van der Waals surface area contributed by atoms with Crippen molar-refractivity contribution in [3.05, 3.63) is 107 Å². The number of amides is 1. The predicted octanol–water partition coefficient (Wildman–Crippen LogP) is 5.04. The van der Waals surface area contributed by atoms with Crippen LogP contribution in [-0.4, -0.2) is 46.5 Å². The molecule has 0 fully saturated rings. The van der Waals surface area contributed by atoms with Gasteiger partial charge in [0, 0.05) is 36.7 Å². The van der Waals surface area contributed by atoms with Gasteiger partial charge in [0.15, 0.2) is 0 Å². The lowest BCUT2D eigenvalue weighted by Gasteiger charge is -2.18. The Balaban J connectivity index is 1.26. The number of nitrogens with one attached hydrogen (secondary N) is 1. The maximum absolute atomic E-state index is 12.8. The van der Waals surface area contributed by atoms with Crippen molar-refractivity contribution in [1.29, 1.82) is 0 Å². The van der Waals surface area contributed by atoms with Gasteiger partial charge in [-0.25, -0.2) is 14.6 Å². The van der Waals surface area contributed by atoms with Crippen molar-refractivity contribution in [2.75, 3.05) is 13.7 Å². The van der Waals surface area contributed by atoms with Crippen LogP contribution in [0.2, 0.25) is 0 Å². The van der Waals surface area contributed by atoms with Gasteiger partial charge >= 0.3 is 12.1 Å². The summed E-state index contributed by atoms with van der Waals surface area (Å²) < 4.78 is 13.1. The summed E-state index contributed by atoms with van der Waals surface area (Å²) >= 11 is 0. The van der Waals surface area contributed by atoms with Crippen LogP contribution >= 0.6 is 0 Å². The van der Waals surface area contributed by atoms with E-state index in [0.29, 0.717) is 12.3 Å². The largest absolute Gasteiger partial charge is 0.496 e. The van der Waals surface area contributed by atoms with E-state index in [0.717, 1.165) is 45.6 Å². The van der Waals surface area contributed by atoms with E-state index >= 15 is 0 Å². The summed E-state index contributed by atoms with van der Waals surface area (Å²) in [5.74, 6) is 0.407. The zero-order valence-electron chi connectivity index (χ0n) is 22.0. The van der Waals surface area contributed by atoms with Crippen LogP contribution in [0.5, 0.6) is 5.75 Å². The normalized spacial score (nSPS) is 12.9. The minimum Gasteiger partial charge on any atom is -0.496 e. The van der Waals surface area contributed by atoms with Gasteiger partial charge in [-0.05, 0) is 33.9 Å². The van der Waals surface area contributed by atoms with Gasteiger partial charge in [0.1, 0.15) is 24.2 Å². The van der Waals surface area contributed by atoms with Crippen molar-refractivity contribution in [2.24, 2.45) is 0 Å². The lowest BCUT2D eigenvalue weighted by Crippen LogP contribution is -2.42. The Hall–Kier alpha value is -4.59. The molecule has 1 amide bonds. The molecule has 2 N–H and O–H groups in total. The molecule has 0 spiro atoms. The Kier molecular flexibility index (Phi) is 7.63. The predicted molar refractivity (Wildman–Crippen MR) is 147 cm³/mol. The molecule has 0 bridgehead atoms. The second-order valence-corrected chi connectivity index (χ2v) is 9.54. The van der Waals surface area contributed by atoms with Crippen LogP contribution < -0.4 is 10.1 Å². The van der Waals surface area contributed by atoms with Crippen molar-refractivity contribution in [3.8, 4) is 16.9 Å². The third-order valence-electron chi connectivity index (χ3n) is 7.18. The number of carbonyl (C=O) groups is 2. The molecule has 39 heavy (non-hydrogen) atoms.